The molecule has 1 unspecified atom stereocenters. The SMILES string of the molecule is COCP(=O)(N[C@@H](C)C(=O)OC(C)C)Oc1ccc(CNC(=O)CCCC/C=C/C(C)C)cc1OC. The summed E-state index contributed by atoms with van der Waals surface area (Å²) in [4.78, 5) is 24.3. The van der Waals surface area contributed by atoms with Crippen molar-refractivity contribution in [2.75, 3.05) is 20.6 Å². The topological polar surface area (TPSA) is 112 Å². The summed E-state index contributed by atoms with van der Waals surface area (Å²) in [5.41, 5.74) is 0.802. The van der Waals surface area contributed by atoms with E-state index in [4.69, 9.17) is 18.7 Å². The van der Waals surface area contributed by atoms with Gasteiger partial charge in [-0.1, -0.05) is 32.1 Å². The van der Waals surface area contributed by atoms with Crippen LogP contribution in [0.1, 0.15) is 65.9 Å². The lowest BCUT2D eigenvalue weighted by atomic mass is 10.1. The van der Waals surface area contributed by atoms with Crippen LogP contribution in [0, 0.1) is 5.92 Å². The second-order valence-corrected chi connectivity index (χ2v) is 11.2. The molecule has 0 aromatic heterocycles. The van der Waals surface area contributed by atoms with Gasteiger partial charge in [-0.05, 0) is 63.6 Å². The quantitative estimate of drug-likeness (QED) is 0.123. The van der Waals surface area contributed by atoms with Crippen molar-refractivity contribution in [1.82, 2.24) is 10.4 Å². The predicted molar refractivity (Wildman–Crippen MR) is 141 cm³/mol. The Hall–Kier alpha value is -2.35. The van der Waals surface area contributed by atoms with Gasteiger partial charge < -0.3 is 24.1 Å². The molecule has 0 radical (unpaired) electrons. The van der Waals surface area contributed by atoms with Crippen LogP contribution >= 0.6 is 7.52 Å². The van der Waals surface area contributed by atoms with Crippen LogP contribution in [-0.2, 0) is 30.2 Å². The highest BCUT2D eigenvalue weighted by molar-refractivity contribution is 7.57. The highest BCUT2D eigenvalue weighted by Gasteiger charge is 2.31. The molecule has 204 valence electrons. The minimum Gasteiger partial charge on any atom is -0.493 e. The van der Waals surface area contributed by atoms with Gasteiger partial charge in [0, 0.05) is 20.1 Å². The molecule has 0 spiro atoms. The zero-order chi connectivity index (χ0) is 27.1. The lowest BCUT2D eigenvalue weighted by molar-refractivity contribution is -0.149. The van der Waals surface area contributed by atoms with Gasteiger partial charge in [0.05, 0.1) is 13.2 Å². The second kappa shape index (κ2) is 16.4. The highest BCUT2D eigenvalue weighted by atomic mass is 31.2. The fourth-order valence-corrected chi connectivity index (χ4v) is 4.89. The molecule has 1 rings (SSSR count). The van der Waals surface area contributed by atoms with Crippen LogP contribution in [0.5, 0.6) is 11.5 Å². The number of hydrogen-bond acceptors (Lipinski definition) is 7. The monoisotopic (exact) mass is 526 g/mol. The summed E-state index contributed by atoms with van der Waals surface area (Å²) in [6, 6.07) is 4.20. The first-order valence-corrected chi connectivity index (χ1v) is 14.2. The van der Waals surface area contributed by atoms with Crippen LogP contribution in [0.15, 0.2) is 30.4 Å². The molecule has 9 nitrogen and oxygen atoms in total. The summed E-state index contributed by atoms with van der Waals surface area (Å²) in [6.45, 7) is 9.62. The Labute approximate surface area is 215 Å². The second-order valence-electron chi connectivity index (χ2n) is 9.20. The lowest BCUT2D eigenvalue weighted by Gasteiger charge is -2.24. The van der Waals surface area contributed by atoms with Gasteiger partial charge in [0.15, 0.2) is 11.5 Å². The lowest BCUT2D eigenvalue weighted by Crippen LogP contribution is -2.36. The number of esters is 1. The third-order valence-electron chi connectivity index (χ3n) is 4.90. The zero-order valence-electron chi connectivity index (χ0n) is 22.7. The van der Waals surface area contributed by atoms with Crippen LogP contribution in [0.4, 0.5) is 0 Å². The van der Waals surface area contributed by atoms with Crippen molar-refractivity contribution in [3.8, 4) is 11.5 Å². The minimum atomic E-state index is -3.64. The van der Waals surface area contributed by atoms with Gasteiger partial charge in [-0.2, -0.15) is 0 Å². The average Bonchev–Trinajstić information content (AvgIpc) is 2.79. The molecule has 0 aliphatic rings. The Morgan fingerprint density at radius 2 is 1.78 bits per heavy atom. The van der Waals surface area contributed by atoms with E-state index in [0.717, 1.165) is 24.8 Å². The van der Waals surface area contributed by atoms with Crippen molar-refractivity contribution in [1.29, 1.82) is 0 Å². The van der Waals surface area contributed by atoms with E-state index in [2.05, 4.69) is 36.4 Å². The number of carbonyl (C=O) groups excluding carboxylic acids is 2. The molecule has 0 saturated carbocycles. The number of hydrogen-bond donors (Lipinski definition) is 2. The number of ether oxygens (including phenoxy) is 3. The molecule has 1 amide bonds. The van der Waals surface area contributed by atoms with Gasteiger partial charge in [0.25, 0.3) is 0 Å². The van der Waals surface area contributed by atoms with Gasteiger partial charge in [0.1, 0.15) is 12.4 Å². The van der Waals surface area contributed by atoms with Gasteiger partial charge in [-0.15, -0.1) is 0 Å². The maximum atomic E-state index is 13.4. The normalized spacial score (nSPS) is 14.0. The average molecular weight is 527 g/mol. The molecular formula is C26H43N2O7P. The summed E-state index contributed by atoms with van der Waals surface area (Å²) in [5.74, 6) is 0.545. The number of unbranched alkanes of at least 4 members (excludes halogenated alkanes) is 2. The number of nitrogens with one attached hydrogen (secondary N) is 2. The van der Waals surface area contributed by atoms with Crippen molar-refractivity contribution in [2.45, 2.75) is 79.0 Å². The van der Waals surface area contributed by atoms with E-state index < -0.39 is 19.5 Å². The number of amides is 1. The van der Waals surface area contributed by atoms with Gasteiger partial charge in [0.2, 0.25) is 5.91 Å². The molecule has 1 aromatic rings. The van der Waals surface area contributed by atoms with E-state index >= 15 is 0 Å². The molecule has 0 bridgehead atoms. The first kappa shape index (κ1) is 31.7. The van der Waals surface area contributed by atoms with Crippen molar-refractivity contribution in [3.63, 3.8) is 0 Å². The predicted octanol–water partition coefficient (Wildman–Crippen LogP) is 5.19. The molecule has 0 aliphatic carbocycles. The van der Waals surface area contributed by atoms with Crippen molar-refractivity contribution >= 4 is 19.4 Å². The molecule has 2 atom stereocenters. The van der Waals surface area contributed by atoms with E-state index in [-0.39, 0.29) is 24.1 Å². The first-order chi connectivity index (χ1) is 17.0. The Kier molecular flexibility index (Phi) is 14.4. The van der Waals surface area contributed by atoms with E-state index in [0.29, 0.717) is 24.6 Å². The Morgan fingerprint density at radius 3 is 2.39 bits per heavy atom. The number of rotatable bonds is 17. The maximum Gasteiger partial charge on any atom is 0.342 e. The van der Waals surface area contributed by atoms with Crippen LogP contribution in [0.25, 0.3) is 0 Å². The number of carbonyl (C=O) groups is 2. The van der Waals surface area contributed by atoms with Crippen molar-refractivity contribution in [3.05, 3.63) is 35.9 Å². The first-order valence-electron chi connectivity index (χ1n) is 12.4. The van der Waals surface area contributed by atoms with Crippen LogP contribution in [-0.4, -0.2) is 44.6 Å². The molecule has 36 heavy (non-hydrogen) atoms. The summed E-state index contributed by atoms with van der Waals surface area (Å²) in [5, 5.41) is 5.62. The Balaban J connectivity index is 2.72. The number of benzene rings is 1. The maximum absolute atomic E-state index is 13.4. The Morgan fingerprint density at radius 1 is 1.06 bits per heavy atom. The smallest absolute Gasteiger partial charge is 0.342 e. The van der Waals surface area contributed by atoms with E-state index in [1.165, 1.54) is 14.2 Å². The molecule has 2 N–H and O–H groups in total. The standard InChI is InChI=1S/C26H43N2O7P/c1-19(2)12-10-8-9-11-13-25(29)27-17-22-14-15-23(24(16-22)33-7)35-36(31,18-32-6)28-21(5)26(30)34-20(3)4/h10,12,14-16,19-21H,8-9,11,13,17-18H2,1-7H3,(H,27,29)(H,28,31)/b12-10+/t21-,36?/m0/s1. The molecular weight excluding hydrogens is 483 g/mol. The van der Waals surface area contributed by atoms with E-state index in [1.807, 2.05) is 0 Å². The molecule has 10 heteroatoms. The third-order valence-corrected chi connectivity index (χ3v) is 6.77. The molecule has 0 saturated heterocycles. The summed E-state index contributed by atoms with van der Waals surface area (Å²) < 4.78 is 34.8. The fraction of sp³-hybridized carbons (Fsp3) is 0.615. The molecule has 0 fully saturated rings. The third kappa shape index (κ3) is 12.6. The van der Waals surface area contributed by atoms with Crippen LogP contribution in [0.2, 0.25) is 0 Å². The fourth-order valence-electron chi connectivity index (χ4n) is 3.20. The summed E-state index contributed by atoms with van der Waals surface area (Å²) >= 11 is 0. The molecule has 0 aliphatic heterocycles. The van der Waals surface area contributed by atoms with Gasteiger partial charge in [-0.25, -0.2) is 5.09 Å². The number of allylic oxidation sites excluding steroid dienone is 2. The largest absolute Gasteiger partial charge is 0.493 e. The molecule has 1 aromatic carbocycles. The number of methoxy groups -OCH3 is 2. The summed E-state index contributed by atoms with van der Waals surface area (Å²) in [7, 11) is -0.778. The minimum absolute atomic E-state index is 0.0156. The van der Waals surface area contributed by atoms with E-state index in [1.54, 1.807) is 39.0 Å². The Bertz CT molecular complexity index is 902. The molecule has 0 heterocycles. The van der Waals surface area contributed by atoms with Gasteiger partial charge >= 0.3 is 13.5 Å². The zero-order valence-corrected chi connectivity index (χ0v) is 23.6. The van der Waals surface area contributed by atoms with Gasteiger partial charge in [-0.3, -0.25) is 14.2 Å². The van der Waals surface area contributed by atoms with E-state index in [9.17, 15) is 14.2 Å². The van der Waals surface area contributed by atoms with Crippen molar-refractivity contribution in [2.24, 2.45) is 5.92 Å². The summed E-state index contributed by atoms with van der Waals surface area (Å²) in [6.07, 6.45) is 7.02. The highest BCUT2D eigenvalue weighted by Crippen LogP contribution is 2.46. The van der Waals surface area contributed by atoms with Crippen LogP contribution in [0.3, 0.4) is 0 Å². The van der Waals surface area contributed by atoms with Crippen molar-refractivity contribution < 1.29 is 32.9 Å². The van der Waals surface area contributed by atoms with Crippen LogP contribution < -0.4 is 19.7 Å².